The summed E-state index contributed by atoms with van der Waals surface area (Å²) in [5, 5.41) is 14.5. The molecule has 6 rings (SSSR count). The van der Waals surface area contributed by atoms with E-state index in [1.54, 1.807) is 12.5 Å². The van der Waals surface area contributed by atoms with E-state index in [9.17, 15) is 9.90 Å². The Bertz CT molecular complexity index is 1730. The average molecular weight is 724 g/mol. The van der Waals surface area contributed by atoms with Gasteiger partial charge in [0.1, 0.15) is 11.9 Å². The average Bonchev–Trinajstić information content (AvgIpc) is 3.58. The van der Waals surface area contributed by atoms with Crippen molar-refractivity contribution in [3.63, 3.8) is 0 Å². The fraction of sp³-hybridized carbons (Fsp3) is 0.286. The SMILES string of the molecule is CCC(CC)C(=O)/C=C(\O)C(CC)CC.[Ir].[c-]1ccc2c(oc3c4c5c(cccc5cc32)C=C4)c1-c1ccncn1. The molecule has 0 amide bonds. The number of carbonyl (C=O) groups excluding carboxylic acids is 1. The monoisotopic (exact) mass is 724 g/mol. The van der Waals surface area contributed by atoms with Gasteiger partial charge in [0, 0.05) is 55.2 Å². The van der Waals surface area contributed by atoms with Crippen molar-refractivity contribution in [3.8, 4) is 11.3 Å². The van der Waals surface area contributed by atoms with Gasteiger partial charge < -0.3 is 9.52 Å². The van der Waals surface area contributed by atoms with Gasteiger partial charge in [-0.15, -0.1) is 18.2 Å². The number of aliphatic hydroxyl groups is 1. The largest absolute Gasteiger partial charge is 0.512 e. The normalized spacial score (nSPS) is 12.3. The number of ketones is 1. The fourth-order valence-electron chi connectivity index (χ4n) is 5.59. The van der Waals surface area contributed by atoms with Crippen LogP contribution in [-0.4, -0.2) is 20.9 Å². The molecule has 0 unspecified atom stereocenters. The van der Waals surface area contributed by atoms with Gasteiger partial charge in [0.15, 0.2) is 5.78 Å². The standard InChI is InChI=1S/C22H11N2O.C13H24O2.Ir/c1-3-13-7-8-17-20(13)14(4-1)11-18-15-5-2-6-16(21(15)25-22(17)18)19-9-10-23-12-24-19;1-5-10(6-2)12(14)9-13(15)11(7-3)8-4;/h1-5,7-12H;9-11,14H,5-8H2,1-4H3;/q-1;;/b;12-9-;. The molecule has 0 atom stereocenters. The topological polar surface area (TPSA) is 76.2 Å². The maximum atomic E-state index is 11.7. The van der Waals surface area contributed by atoms with Crippen molar-refractivity contribution in [1.82, 2.24) is 9.97 Å². The number of allylic oxidation sites excluding steroid dienone is 2. The number of aliphatic hydroxyl groups excluding tert-OH is 1. The van der Waals surface area contributed by atoms with Crippen molar-refractivity contribution in [2.75, 3.05) is 0 Å². The molecule has 0 saturated carbocycles. The maximum absolute atomic E-state index is 11.7. The van der Waals surface area contributed by atoms with Crippen molar-refractivity contribution in [2.24, 2.45) is 11.8 Å². The van der Waals surface area contributed by atoms with Crippen LogP contribution in [0.15, 0.2) is 71.2 Å². The number of benzene rings is 3. The van der Waals surface area contributed by atoms with Gasteiger partial charge in [-0.2, -0.15) is 0 Å². The van der Waals surface area contributed by atoms with Crippen LogP contribution in [0.2, 0.25) is 0 Å². The Labute approximate surface area is 254 Å². The summed E-state index contributed by atoms with van der Waals surface area (Å²) in [6, 6.07) is 17.8. The maximum Gasteiger partial charge on any atom is 0.162 e. The summed E-state index contributed by atoms with van der Waals surface area (Å²) >= 11 is 0. The van der Waals surface area contributed by atoms with Crippen molar-refractivity contribution in [3.05, 3.63) is 84.0 Å². The summed E-state index contributed by atoms with van der Waals surface area (Å²) in [6.45, 7) is 8.07. The van der Waals surface area contributed by atoms with Crippen molar-refractivity contribution in [2.45, 2.75) is 53.4 Å². The van der Waals surface area contributed by atoms with E-state index >= 15 is 0 Å². The van der Waals surface area contributed by atoms with E-state index in [1.807, 2.05) is 39.8 Å². The molecular weight excluding hydrogens is 689 g/mol. The summed E-state index contributed by atoms with van der Waals surface area (Å²) in [5.74, 6) is 0.547. The molecule has 0 bridgehead atoms. The predicted octanol–water partition coefficient (Wildman–Crippen LogP) is 9.35. The molecule has 213 valence electrons. The molecule has 0 spiro atoms. The molecule has 0 fully saturated rings. The van der Waals surface area contributed by atoms with Gasteiger partial charge in [-0.3, -0.25) is 9.78 Å². The third kappa shape index (κ3) is 5.91. The van der Waals surface area contributed by atoms with E-state index in [-0.39, 0.29) is 43.5 Å². The van der Waals surface area contributed by atoms with Gasteiger partial charge in [-0.05, 0) is 59.9 Å². The summed E-state index contributed by atoms with van der Waals surface area (Å²) in [7, 11) is 0. The van der Waals surface area contributed by atoms with Gasteiger partial charge in [0.25, 0.3) is 0 Å². The molecule has 5 aromatic rings. The molecule has 1 radical (unpaired) electrons. The summed E-state index contributed by atoms with van der Waals surface area (Å²) in [6.07, 6.45) is 12.5. The number of fused-ring (bicyclic) bond motifs is 4. The quantitative estimate of drug-likeness (QED) is 0.0963. The van der Waals surface area contributed by atoms with E-state index in [2.05, 4.69) is 58.5 Å². The first kappa shape index (κ1) is 30.4. The first-order chi connectivity index (χ1) is 19.5. The van der Waals surface area contributed by atoms with Crippen molar-refractivity contribution >= 4 is 50.6 Å². The van der Waals surface area contributed by atoms with Crippen LogP contribution in [0.4, 0.5) is 0 Å². The number of hydrogen-bond acceptors (Lipinski definition) is 5. The van der Waals surface area contributed by atoms with E-state index in [0.29, 0.717) is 0 Å². The summed E-state index contributed by atoms with van der Waals surface area (Å²) in [5.41, 5.74) is 5.85. The molecule has 3 aromatic carbocycles. The number of aromatic nitrogens is 2. The Kier molecular flexibility index (Phi) is 9.90. The number of furan rings is 1. The third-order valence-corrected chi connectivity index (χ3v) is 7.98. The van der Waals surface area contributed by atoms with Crippen LogP contribution < -0.4 is 0 Å². The molecule has 41 heavy (non-hydrogen) atoms. The van der Waals surface area contributed by atoms with Gasteiger partial charge in [0.2, 0.25) is 0 Å². The van der Waals surface area contributed by atoms with Crippen LogP contribution in [0.5, 0.6) is 0 Å². The zero-order chi connectivity index (χ0) is 28.2. The Morgan fingerprint density at radius 2 is 1.73 bits per heavy atom. The van der Waals surface area contributed by atoms with Crippen LogP contribution in [0.3, 0.4) is 0 Å². The molecule has 0 saturated heterocycles. The van der Waals surface area contributed by atoms with E-state index in [1.165, 1.54) is 22.4 Å². The number of hydrogen-bond donors (Lipinski definition) is 1. The van der Waals surface area contributed by atoms with Gasteiger partial charge in [-0.1, -0.05) is 69.0 Å². The number of carbonyl (C=O) groups is 1. The first-order valence-corrected chi connectivity index (χ1v) is 14.2. The second-order valence-corrected chi connectivity index (χ2v) is 10.2. The molecule has 2 aromatic heterocycles. The van der Waals surface area contributed by atoms with E-state index < -0.39 is 0 Å². The zero-order valence-electron chi connectivity index (χ0n) is 23.9. The van der Waals surface area contributed by atoms with Crippen LogP contribution in [0.1, 0.15) is 64.5 Å². The van der Waals surface area contributed by atoms with Crippen LogP contribution in [-0.2, 0) is 24.9 Å². The Morgan fingerprint density at radius 1 is 0.976 bits per heavy atom. The summed E-state index contributed by atoms with van der Waals surface area (Å²) < 4.78 is 6.36. The first-order valence-electron chi connectivity index (χ1n) is 14.2. The molecule has 2 heterocycles. The molecule has 5 nitrogen and oxygen atoms in total. The van der Waals surface area contributed by atoms with Gasteiger partial charge in [0.05, 0.1) is 11.3 Å². The smallest absolute Gasteiger partial charge is 0.162 e. The second kappa shape index (κ2) is 13.4. The molecular formula is C35H35IrN2O3-. The van der Waals surface area contributed by atoms with Crippen molar-refractivity contribution < 1.29 is 34.4 Å². The molecule has 6 heteroatoms. The van der Waals surface area contributed by atoms with Crippen LogP contribution >= 0.6 is 0 Å². The zero-order valence-corrected chi connectivity index (χ0v) is 26.3. The van der Waals surface area contributed by atoms with Gasteiger partial charge >= 0.3 is 0 Å². The molecule has 1 aliphatic rings. The minimum Gasteiger partial charge on any atom is -0.512 e. The van der Waals surface area contributed by atoms with E-state index in [0.717, 1.165) is 64.4 Å². The Balaban J connectivity index is 0.000000212. The number of nitrogens with zero attached hydrogens (tertiary/aromatic N) is 2. The third-order valence-electron chi connectivity index (χ3n) is 7.98. The summed E-state index contributed by atoms with van der Waals surface area (Å²) in [4.78, 5) is 20.1. The Morgan fingerprint density at radius 3 is 2.41 bits per heavy atom. The number of rotatable bonds is 8. The molecule has 1 aliphatic carbocycles. The van der Waals surface area contributed by atoms with Crippen LogP contribution in [0, 0.1) is 17.9 Å². The Hall–Kier alpha value is -3.60. The van der Waals surface area contributed by atoms with Gasteiger partial charge in [-0.25, -0.2) is 4.98 Å². The minimum absolute atomic E-state index is 0. The van der Waals surface area contributed by atoms with E-state index in [4.69, 9.17) is 4.42 Å². The minimum atomic E-state index is 0. The second-order valence-electron chi connectivity index (χ2n) is 10.2. The van der Waals surface area contributed by atoms with Crippen LogP contribution in [0.25, 0.3) is 56.1 Å². The molecule has 0 aliphatic heterocycles. The van der Waals surface area contributed by atoms with Crippen molar-refractivity contribution in [1.29, 1.82) is 0 Å². The predicted molar refractivity (Wildman–Crippen MR) is 164 cm³/mol. The fourth-order valence-corrected chi connectivity index (χ4v) is 5.59. The molecule has 1 N–H and O–H groups in total.